The van der Waals surface area contributed by atoms with Gasteiger partial charge in [0.05, 0.1) is 17.6 Å². The molecule has 2 unspecified atom stereocenters. The monoisotopic (exact) mass is 412 g/mol. The standard InChI is InChI=1S/C24H29ClN2O2/c1-17-14-27(15-18(2)29-17)16-20-8-6-19(7-9-20)13-26-23(28)24(10-11-24)21-4-3-5-22(25)12-21/h3-9,12,17-18H,10-11,13-16H2,1-2H3,(H,26,28). The van der Waals surface area contributed by atoms with Crippen LogP contribution in [-0.4, -0.2) is 36.1 Å². The fourth-order valence-corrected chi connectivity index (χ4v) is 4.53. The van der Waals surface area contributed by atoms with Gasteiger partial charge in [0.25, 0.3) is 0 Å². The lowest BCUT2D eigenvalue weighted by Gasteiger charge is -2.35. The number of ether oxygens (including phenoxy) is 1. The molecule has 1 saturated carbocycles. The van der Waals surface area contributed by atoms with Crippen LogP contribution >= 0.6 is 11.6 Å². The molecule has 0 radical (unpaired) electrons. The molecule has 2 aliphatic rings. The number of nitrogens with zero attached hydrogens (tertiary/aromatic N) is 1. The molecule has 29 heavy (non-hydrogen) atoms. The van der Waals surface area contributed by atoms with Gasteiger partial charge in [-0.2, -0.15) is 0 Å². The number of amides is 1. The lowest BCUT2D eigenvalue weighted by atomic mass is 9.95. The fraction of sp³-hybridized carbons (Fsp3) is 0.458. The van der Waals surface area contributed by atoms with E-state index in [1.807, 2.05) is 24.3 Å². The first-order valence-electron chi connectivity index (χ1n) is 10.4. The van der Waals surface area contributed by atoms with Crippen molar-refractivity contribution in [3.63, 3.8) is 0 Å². The molecule has 0 spiro atoms. The van der Waals surface area contributed by atoms with Gasteiger partial charge in [-0.1, -0.05) is 48.0 Å². The molecule has 4 nitrogen and oxygen atoms in total. The number of benzene rings is 2. The molecule has 2 aromatic carbocycles. The SMILES string of the molecule is CC1CN(Cc2ccc(CNC(=O)C3(c4cccc(Cl)c4)CC3)cc2)CC(C)O1. The number of rotatable bonds is 6. The van der Waals surface area contributed by atoms with Crippen LogP contribution in [0.4, 0.5) is 0 Å². The largest absolute Gasteiger partial charge is 0.373 e. The molecule has 2 fully saturated rings. The summed E-state index contributed by atoms with van der Waals surface area (Å²) >= 11 is 6.11. The van der Waals surface area contributed by atoms with Crippen molar-refractivity contribution in [2.45, 2.75) is 57.4 Å². The molecular formula is C24H29ClN2O2. The van der Waals surface area contributed by atoms with E-state index in [4.69, 9.17) is 16.3 Å². The van der Waals surface area contributed by atoms with Crippen molar-refractivity contribution in [2.24, 2.45) is 0 Å². The van der Waals surface area contributed by atoms with Gasteiger partial charge in [-0.15, -0.1) is 0 Å². The molecule has 4 rings (SSSR count). The molecule has 0 bridgehead atoms. The van der Waals surface area contributed by atoms with E-state index in [2.05, 4.69) is 48.3 Å². The van der Waals surface area contributed by atoms with Crippen LogP contribution in [0.1, 0.15) is 43.4 Å². The number of carbonyl (C=O) groups is 1. The first-order valence-corrected chi connectivity index (χ1v) is 10.8. The third-order valence-corrected chi connectivity index (χ3v) is 6.17. The van der Waals surface area contributed by atoms with Crippen molar-refractivity contribution in [2.75, 3.05) is 13.1 Å². The summed E-state index contributed by atoms with van der Waals surface area (Å²) in [6.07, 6.45) is 2.33. The third kappa shape index (κ3) is 4.82. The average molecular weight is 413 g/mol. The van der Waals surface area contributed by atoms with Gasteiger partial charge in [0.1, 0.15) is 0 Å². The van der Waals surface area contributed by atoms with Gasteiger partial charge in [0.2, 0.25) is 5.91 Å². The second-order valence-electron chi connectivity index (χ2n) is 8.54. The van der Waals surface area contributed by atoms with E-state index in [0.717, 1.165) is 43.6 Å². The highest BCUT2D eigenvalue weighted by atomic mass is 35.5. The Kier molecular flexibility index (Phi) is 5.95. The van der Waals surface area contributed by atoms with E-state index in [0.29, 0.717) is 11.6 Å². The Morgan fingerprint density at radius 2 is 1.76 bits per heavy atom. The topological polar surface area (TPSA) is 41.6 Å². The van der Waals surface area contributed by atoms with Crippen LogP contribution in [0.15, 0.2) is 48.5 Å². The van der Waals surface area contributed by atoms with E-state index < -0.39 is 5.41 Å². The molecule has 1 aliphatic heterocycles. The summed E-state index contributed by atoms with van der Waals surface area (Å²) in [4.78, 5) is 15.3. The van der Waals surface area contributed by atoms with Crippen LogP contribution in [-0.2, 0) is 28.0 Å². The Hall–Kier alpha value is -1.88. The van der Waals surface area contributed by atoms with Crippen molar-refractivity contribution in [1.82, 2.24) is 10.2 Å². The van der Waals surface area contributed by atoms with E-state index in [1.165, 1.54) is 5.56 Å². The summed E-state index contributed by atoms with van der Waals surface area (Å²) in [6.45, 7) is 7.67. The van der Waals surface area contributed by atoms with Gasteiger partial charge in [-0.05, 0) is 55.5 Å². The number of halogens is 1. The molecule has 1 heterocycles. The van der Waals surface area contributed by atoms with Crippen molar-refractivity contribution < 1.29 is 9.53 Å². The van der Waals surface area contributed by atoms with E-state index in [9.17, 15) is 4.79 Å². The summed E-state index contributed by atoms with van der Waals surface area (Å²) in [6, 6.07) is 16.2. The maximum atomic E-state index is 12.8. The zero-order chi connectivity index (χ0) is 20.4. The minimum Gasteiger partial charge on any atom is -0.373 e. The molecule has 2 atom stereocenters. The lowest BCUT2D eigenvalue weighted by molar-refractivity contribution is -0.123. The van der Waals surface area contributed by atoms with Gasteiger partial charge >= 0.3 is 0 Å². The first kappa shape index (κ1) is 20.4. The molecular weight excluding hydrogens is 384 g/mol. The molecule has 1 aliphatic carbocycles. The van der Waals surface area contributed by atoms with E-state index in [-0.39, 0.29) is 18.1 Å². The van der Waals surface area contributed by atoms with Crippen molar-refractivity contribution in [3.8, 4) is 0 Å². The van der Waals surface area contributed by atoms with Crippen molar-refractivity contribution >= 4 is 17.5 Å². The van der Waals surface area contributed by atoms with Crippen LogP contribution in [0, 0.1) is 0 Å². The third-order valence-electron chi connectivity index (χ3n) is 5.94. The minimum atomic E-state index is -0.394. The quantitative estimate of drug-likeness (QED) is 0.769. The molecule has 1 N–H and O–H groups in total. The highest BCUT2D eigenvalue weighted by Crippen LogP contribution is 2.48. The van der Waals surface area contributed by atoms with Crippen LogP contribution in [0.25, 0.3) is 0 Å². The predicted octanol–water partition coefficient (Wildman–Crippen LogP) is 4.30. The fourth-order valence-electron chi connectivity index (χ4n) is 4.34. The van der Waals surface area contributed by atoms with Gasteiger partial charge in [-0.3, -0.25) is 9.69 Å². The molecule has 0 aromatic heterocycles. The zero-order valence-corrected chi connectivity index (χ0v) is 17.9. The highest BCUT2D eigenvalue weighted by molar-refractivity contribution is 6.30. The van der Waals surface area contributed by atoms with E-state index in [1.54, 1.807) is 0 Å². The second kappa shape index (κ2) is 8.47. The molecule has 1 amide bonds. The second-order valence-corrected chi connectivity index (χ2v) is 8.98. The first-order chi connectivity index (χ1) is 13.9. The van der Waals surface area contributed by atoms with Crippen molar-refractivity contribution in [3.05, 3.63) is 70.2 Å². The Labute approximate surface area is 178 Å². The summed E-state index contributed by atoms with van der Waals surface area (Å²) in [5, 5.41) is 3.80. The van der Waals surface area contributed by atoms with Gasteiger partial charge in [0, 0.05) is 31.2 Å². The normalized spacial score (nSPS) is 23.6. The van der Waals surface area contributed by atoms with Crippen molar-refractivity contribution in [1.29, 1.82) is 0 Å². The summed E-state index contributed by atoms with van der Waals surface area (Å²) in [7, 11) is 0. The number of hydrogen-bond donors (Lipinski definition) is 1. The zero-order valence-electron chi connectivity index (χ0n) is 17.2. The molecule has 2 aromatic rings. The maximum Gasteiger partial charge on any atom is 0.230 e. The smallest absolute Gasteiger partial charge is 0.230 e. The summed E-state index contributed by atoms with van der Waals surface area (Å²) in [5.41, 5.74) is 3.03. The molecule has 1 saturated heterocycles. The Balaban J connectivity index is 1.32. The van der Waals surface area contributed by atoms with Gasteiger partial charge in [-0.25, -0.2) is 0 Å². The number of carbonyl (C=O) groups excluding carboxylic acids is 1. The summed E-state index contributed by atoms with van der Waals surface area (Å²) < 4.78 is 5.81. The van der Waals surface area contributed by atoms with E-state index >= 15 is 0 Å². The Bertz CT molecular complexity index is 853. The number of hydrogen-bond acceptors (Lipinski definition) is 3. The average Bonchev–Trinajstić information content (AvgIpc) is 3.48. The Morgan fingerprint density at radius 1 is 1.10 bits per heavy atom. The minimum absolute atomic E-state index is 0.0973. The van der Waals surface area contributed by atoms with Crippen LogP contribution in [0.5, 0.6) is 0 Å². The number of nitrogens with one attached hydrogen (secondary N) is 1. The summed E-state index contributed by atoms with van der Waals surface area (Å²) in [5.74, 6) is 0.0973. The Morgan fingerprint density at radius 3 is 2.38 bits per heavy atom. The number of morpholine rings is 1. The van der Waals surface area contributed by atoms with Crippen LogP contribution in [0.3, 0.4) is 0 Å². The van der Waals surface area contributed by atoms with Crippen LogP contribution < -0.4 is 5.32 Å². The van der Waals surface area contributed by atoms with Gasteiger partial charge in [0.15, 0.2) is 0 Å². The van der Waals surface area contributed by atoms with Gasteiger partial charge < -0.3 is 10.1 Å². The maximum absolute atomic E-state index is 12.8. The van der Waals surface area contributed by atoms with Crippen LogP contribution in [0.2, 0.25) is 5.02 Å². The molecule has 5 heteroatoms. The molecule has 154 valence electrons. The highest BCUT2D eigenvalue weighted by Gasteiger charge is 2.51. The predicted molar refractivity (Wildman–Crippen MR) is 116 cm³/mol. The lowest BCUT2D eigenvalue weighted by Crippen LogP contribution is -2.44.